The molecule has 1 aromatic carbocycles. The van der Waals surface area contributed by atoms with Crippen LogP contribution in [0.1, 0.15) is 17.8 Å². The number of rotatable bonds is 6. The predicted octanol–water partition coefficient (Wildman–Crippen LogP) is 4.95. The number of halogens is 1. The Labute approximate surface area is 125 Å². The van der Waals surface area contributed by atoms with Crippen molar-refractivity contribution >= 4 is 39.0 Å². The van der Waals surface area contributed by atoms with Crippen LogP contribution in [0.25, 0.3) is 0 Å². The predicted molar refractivity (Wildman–Crippen MR) is 85.6 cm³/mol. The van der Waals surface area contributed by atoms with Gasteiger partial charge in [-0.15, -0.1) is 23.1 Å². The topological polar surface area (TPSA) is 12.0 Å². The van der Waals surface area contributed by atoms with Crippen molar-refractivity contribution in [3.8, 4) is 0 Å². The second-order valence-corrected chi connectivity index (χ2v) is 7.06. The van der Waals surface area contributed by atoms with E-state index < -0.39 is 0 Å². The van der Waals surface area contributed by atoms with Gasteiger partial charge in [-0.3, -0.25) is 0 Å². The van der Waals surface area contributed by atoms with Crippen LogP contribution in [0, 0.1) is 0 Å². The third-order valence-electron chi connectivity index (χ3n) is 2.60. The molecule has 0 spiro atoms. The van der Waals surface area contributed by atoms with Crippen LogP contribution in [0.2, 0.25) is 0 Å². The third-order valence-corrected chi connectivity index (χ3v) is 5.20. The number of nitrogens with one attached hydrogen (secondary N) is 1. The van der Waals surface area contributed by atoms with E-state index >= 15 is 0 Å². The molecule has 0 aliphatic carbocycles. The summed E-state index contributed by atoms with van der Waals surface area (Å²) >= 11 is 7.15. The second-order valence-electron chi connectivity index (χ2n) is 3.99. The van der Waals surface area contributed by atoms with Crippen molar-refractivity contribution in [1.29, 1.82) is 0 Å². The third kappa shape index (κ3) is 4.43. The lowest BCUT2D eigenvalue weighted by Gasteiger charge is -2.11. The molecule has 1 atom stereocenters. The largest absolute Gasteiger partial charge is 0.309 e. The lowest BCUT2D eigenvalue weighted by Crippen LogP contribution is -2.20. The summed E-state index contributed by atoms with van der Waals surface area (Å²) in [4.78, 5) is 2.73. The Hall–Kier alpha value is -0.290. The molecular weight excluding hydrogens is 326 g/mol. The summed E-state index contributed by atoms with van der Waals surface area (Å²) in [7, 11) is 0. The highest BCUT2D eigenvalue weighted by molar-refractivity contribution is 9.10. The van der Waals surface area contributed by atoms with Gasteiger partial charge in [-0.25, -0.2) is 0 Å². The van der Waals surface area contributed by atoms with Crippen molar-refractivity contribution in [2.75, 3.05) is 12.3 Å². The number of thioether (sulfide) groups is 1. The van der Waals surface area contributed by atoms with Crippen molar-refractivity contribution < 1.29 is 0 Å². The van der Waals surface area contributed by atoms with E-state index in [0.717, 1.165) is 16.8 Å². The number of benzene rings is 1. The molecule has 1 unspecified atom stereocenters. The lowest BCUT2D eigenvalue weighted by atomic mass is 10.3. The van der Waals surface area contributed by atoms with Crippen LogP contribution in [-0.4, -0.2) is 12.3 Å². The maximum Gasteiger partial charge on any atom is 0.0386 e. The molecule has 0 aliphatic rings. The molecule has 0 saturated heterocycles. The second kappa shape index (κ2) is 7.34. The molecule has 0 bridgehead atoms. The van der Waals surface area contributed by atoms with Crippen LogP contribution in [0.4, 0.5) is 0 Å². The number of thiophene rings is 1. The van der Waals surface area contributed by atoms with Gasteiger partial charge >= 0.3 is 0 Å². The quantitative estimate of drug-likeness (QED) is 0.589. The van der Waals surface area contributed by atoms with Gasteiger partial charge in [0, 0.05) is 32.6 Å². The molecule has 4 heteroatoms. The van der Waals surface area contributed by atoms with Gasteiger partial charge in [0.1, 0.15) is 0 Å². The average molecular weight is 342 g/mol. The zero-order valence-corrected chi connectivity index (χ0v) is 13.4. The minimum Gasteiger partial charge on any atom is -0.309 e. The summed E-state index contributed by atoms with van der Waals surface area (Å²) in [6.07, 6.45) is 0. The highest BCUT2D eigenvalue weighted by Gasteiger charge is 2.04. The SMILES string of the molecule is CC(NCCSc1ccc(Br)cc1)c1cccs1. The maximum atomic E-state index is 3.55. The molecule has 1 N–H and O–H groups in total. The Bertz CT molecular complexity index is 453. The molecule has 0 saturated carbocycles. The highest BCUT2D eigenvalue weighted by Crippen LogP contribution is 2.21. The van der Waals surface area contributed by atoms with Crippen LogP contribution in [0.5, 0.6) is 0 Å². The molecule has 1 heterocycles. The first-order chi connectivity index (χ1) is 8.75. The van der Waals surface area contributed by atoms with Gasteiger partial charge in [0.15, 0.2) is 0 Å². The highest BCUT2D eigenvalue weighted by atomic mass is 79.9. The monoisotopic (exact) mass is 341 g/mol. The molecule has 1 aromatic heterocycles. The molecule has 1 nitrogen and oxygen atoms in total. The molecule has 2 aromatic rings. The summed E-state index contributed by atoms with van der Waals surface area (Å²) in [5, 5.41) is 5.68. The van der Waals surface area contributed by atoms with Gasteiger partial charge < -0.3 is 5.32 Å². The van der Waals surface area contributed by atoms with Crippen molar-refractivity contribution in [2.45, 2.75) is 17.9 Å². The molecule has 2 rings (SSSR count). The molecule has 0 radical (unpaired) electrons. The van der Waals surface area contributed by atoms with E-state index in [1.165, 1.54) is 9.77 Å². The summed E-state index contributed by atoms with van der Waals surface area (Å²) in [5.74, 6) is 1.09. The zero-order chi connectivity index (χ0) is 12.8. The molecule has 0 fully saturated rings. The van der Waals surface area contributed by atoms with Gasteiger partial charge in [0.25, 0.3) is 0 Å². The van der Waals surface area contributed by atoms with E-state index in [0.29, 0.717) is 6.04 Å². The van der Waals surface area contributed by atoms with Crippen molar-refractivity contribution in [2.24, 2.45) is 0 Å². The fourth-order valence-corrected chi connectivity index (χ4v) is 3.42. The van der Waals surface area contributed by atoms with E-state index in [2.05, 4.69) is 69.9 Å². The smallest absolute Gasteiger partial charge is 0.0386 e. The van der Waals surface area contributed by atoms with Crippen LogP contribution in [-0.2, 0) is 0 Å². The minimum absolute atomic E-state index is 0.454. The fraction of sp³-hybridized carbons (Fsp3) is 0.286. The maximum absolute atomic E-state index is 3.55. The van der Waals surface area contributed by atoms with Crippen molar-refractivity contribution in [1.82, 2.24) is 5.32 Å². The Kier molecular flexibility index (Phi) is 5.76. The number of hydrogen-bond donors (Lipinski definition) is 1. The van der Waals surface area contributed by atoms with Gasteiger partial charge in [-0.1, -0.05) is 22.0 Å². The normalized spacial score (nSPS) is 12.6. The Morgan fingerprint density at radius 2 is 2.06 bits per heavy atom. The van der Waals surface area contributed by atoms with E-state index in [1.807, 2.05) is 23.1 Å². The zero-order valence-electron chi connectivity index (χ0n) is 10.2. The lowest BCUT2D eigenvalue weighted by molar-refractivity contribution is 0.610. The van der Waals surface area contributed by atoms with Crippen molar-refractivity contribution in [3.05, 3.63) is 51.1 Å². The van der Waals surface area contributed by atoms with Gasteiger partial charge in [-0.05, 0) is 42.6 Å². The molecule has 0 amide bonds. The Balaban J connectivity index is 1.68. The van der Waals surface area contributed by atoms with Crippen LogP contribution >= 0.6 is 39.0 Å². The van der Waals surface area contributed by atoms with Crippen LogP contribution in [0.15, 0.2) is 51.1 Å². The van der Waals surface area contributed by atoms with E-state index in [-0.39, 0.29) is 0 Å². The summed E-state index contributed by atoms with van der Waals surface area (Å²) in [5.41, 5.74) is 0. The fourth-order valence-electron chi connectivity index (χ4n) is 1.61. The first kappa shape index (κ1) is 14.1. The first-order valence-corrected chi connectivity index (χ1v) is 8.56. The minimum atomic E-state index is 0.454. The van der Waals surface area contributed by atoms with Crippen LogP contribution < -0.4 is 5.32 Å². The summed E-state index contributed by atoms with van der Waals surface area (Å²) in [6, 6.07) is 13.2. The van der Waals surface area contributed by atoms with E-state index in [4.69, 9.17) is 0 Å². The molecule has 18 heavy (non-hydrogen) atoms. The van der Waals surface area contributed by atoms with E-state index in [1.54, 1.807) is 0 Å². The van der Waals surface area contributed by atoms with Gasteiger partial charge in [0.2, 0.25) is 0 Å². The summed E-state index contributed by atoms with van der Waals surface area (Å²) in [6.45, 7) is 3.25. The summed E-state index contributed by atoms with van der Waals surface area (Å²) < 4.78 is 1.14. The first-order valence-electron chi connectivity index (χ1n) is 5.91. The molecular formula is C14H16BrNS2. The number of hydrogen-bond acceptors (Lipinski definition) is 3. The van der Waals surface area contributed by atoms with Crippen molar-refractivity contribution in [3.63, 3.8) is 0 Å². The Morgan fingerprint density at radius 3 is 2.72 bits per heavy atom. The molecule has 0 aliphatic heterocycles. The Morgan fingerprint density at radius 1 is 1.28 bits per heavy atom. The van der Waals surface area contributed by atoms with Gasteiger partial charge in [-0.2, -0.15) is 0 Å². The standard InChI is InChI=1S/C14H16BrNS2/c1-11(14-3-2-9-18-14)16-8-10-17-13-6-4-12(15)5-7-13/h2-7,9,11,16H,8,10H2,1H3. The van der Waals surface area contributed by atoms with Gasteiger partial charge in [0.05, 0.1) is 0 Å². The molecule has 96 valence electrons. The van der Waals surface area contributed by atoms with E-state index in [9.17, 15) is 0 Å². The average Bonchev–Trinajstić information content (AvgIpc) is 2.90. The van der Waals surface area contributed by atoms with Crippen LogP contribution in [0.3, 0.4) is 0 Å².